The number of aliphatic hydroxyl groups excluding tert-OH is 4. The average molecular weight is 160 g/mol. The third-order valence-electron chi connectivity index (χ3n) is 2.21. The van der Waals surface area contributed by atoms with E-state index in [1.165, 1.54) is 6.08 Å². The summed E-state index contributed by atoms with van der Waals surface area (Å²) >= 11 is 0. The summed E-state index contributed by atoms with van der Waals surface area (Å²) in [5.41, 5.74) is -0.968. The Balaban J connectivity index is 2.76. The Morgan fingerprint density at radius 2 is 2.00 bits per heavy atom. The molecule has 4 heteroatoms. The molecule has 0 saturated heterocycles. The van der Waals surface area contributed by atoms with Crippen LogP contribution in [0.4, 0.5) is 0 Å². The molecule has 1 rings (SSSR count). The van der Waals surface area contributed by atoms with Crippen LogP contribution in [-0.4, -0.2) is 39.7 Å². The van der Waals surface area contributed by atoms with Crippen molar-refractivity contribution in [2.75, 3.05) is 13.2 Å². The van der Waals surface area contributed by atoms with Crippen molar-refractivity contribution in [3.05, 3.63) is 11.8 Å². The molecule has 1 aliphatic carbocycles. The second-order valence-corrected chi connectivity index (χ2v) is 2.91. The lowest BCUT2D eigenvalue weighted by molar-refractivity contribution is -0.0362. The molecular weight excluding hydrogens is 148 g/mol. The largest absolute Gasteiger partial charge is 0.510 e. The van der Waals surface area contributed by atoms with Gasteiger partial charge >= 0.3 is 0 Å². The Kier molecular flexibility index (Phi) is 2.17. The van der Waals surface area contributed by atoms with Crippen molar-refractivity contribution in [1.82, 2.24) is 0 Å². The predicted molar refractivity (Wildman–Crippen MR) is 37.9 cm³/mol. The third-order valence-corrected chi connectivity index (χ3v) is 2.21. The molecular formula is C7H12O4. The highest BCUT2D eigenvalue weighted by atomic mass is 16.3. The molecule has 0 radical (unpaired) electrons. The van der Waals surface area contributed by atoms with Crippen LogP contribution in [0.15, 0.2) is 11.8 Å². The Labute approximate surface area is 64.4 Å². The van der Waals surface area contributed by atoms with Crippen molar-refractivity contribution in [1.29, 1.82) is 0 Å². The molecule has 11 heavy (non-hydrogen) atoms. The average Bonchev–Trinajstić information content (AvgIpc) is 2.32. The maximum absolute atomic E-state index is 9.27. The van der Waals surface area contributed by atoms with E-state index in [0.29, 0.717) is 6.42 Å². The summed E-state index contributed by atoms with van der Waals surface area (Å²) in [4.78, 5) is 0. The lowest BCUT2D eigenvalue weighted by Crippen LogP contribution is -2.39. The maximum Gasteiger partial charge on any atom is 0.121 e. The number of allylic oxidation sites excluding steroid dienone is 1. The minimum Gasteiger partial charge on any atom is -0.510 e. The van der Waals surface area contributed by atoms with Gasteiger partial charge in [0, 0.05) is 0 Å². The number of hydrogen-bond donors (Lipinski definition) is 4. The maximum atomic E-state index is 9.27. The molecule has 4 nitrogen and oxygen atoms in total. The summed E-state index contributed by atoms with van der Waals surface area (Å²) in [6.45, 7) is -0.656. The zero-order valence-electron chi connectivity index (χ0n) is 6.06. The predicted octanol–water partition coefficient (Wildman–Crippen LogP) is -0.836. The topological polar surface area (TPSA) is 80.9 Å². The third kappa shape index (κ3) is 1.13. The minimum absolute atomic E-state index is 0.159. The van der Waals surface area contributed by atoms with Gasteiger partial charge in [0.15, 0.2) is 0 Å². The van der Waals surface area contributed by atoms with Crippen LogP contribution < -0.4 is 0 Å². The molecule has 0 heterocycles. The van der Waals surface area contributed by atoms with Gasteiger partial charge in [0.2, 0.25) is 0 Å². The fourth-order valence-electron chi connectivity index (χ4n) is 1.20. The SMILES string of the molecule is OCC1(CO)CC=C(O)C1O. The van der Waals surface area contributed by atoms with Gasteiger partial charge in [-0.05, 0) is 12.5 Å². The quantitative estimate of drug-likeness (QED) is 0.425. The summed E-state index contributed by atoms with van der Waals surface area (Å²) in [7, 11) is 0. The van der Waals surface area contributed by atoms with Gasteiger partial charge in [-0.15, -0.1) is 0 Å². The second kappa shape index (κ2) is 2.81. The van der Waals surface area contributed by atoms with Gasteiger partial charge in [0.25, 0.3) is 0 Å². The molecule has 0 amide bonds. The Hall–Kier alpha value is -0.580. The van der Waals surface area contributed by atoms with Crippen LogP contribution in [0.1, 0.15) is 6.42 Å². The molecule has 1 atom stereocenters. The fourth-order valence-corrected chi connectivity index (χ4v) is 1.20. The number of aliphatic hydroxyl groups is 4. The fraction of sp³-hybridized carbons (Fsp3) is 0.714. The van der Waals surface area contributed by atoms with Crippen LogP contribution in [-0.2, 0) is 0 Å². The molecule has 1 aliphatic rings. The summed E-state index contributed by atoms with van der Waals surface area (Å²) in [5, 5.41) is 35.9. The molecule has 0 aliphatic heterocycles. The summed E-state index contributed by atoms with van der Waals surface area (Å²) in [6, 6.07) is 0. The molecule has 0 saturated carbocycles. The second-order valence-electron chi connectivity index (χ2n) is 2.91. The number of rotatable bonds is 2. The van der Waals surface area contributed by atoms with Gasteiger partial charge in [-0.1, -0.05) is 0 Å². The van der Waals surface area contributed by atoms with E-state index < -0.39 is 11.5 Å². The van der Waals surface area contributed by atoms with Gasteiger partial charge in [-0.2, -0.15) is 0 Å². The normalized spacial score (nSPS) is 28.6. The van der Waals surface area contributed by atoms with Gasteiger partial charge < -0.3 is 20.4 Å². The van der Waals surface area contributed by atoms with E-state index >= 15 is 0 Å². The molecule has 0 spiro atoms. The van der Waals surface area contributed by atoms with E-state index in [-0.39, 0.29) is 19.0 Å². The Morgan fingerprint density at radius 3 is 2.18 bits per heavy atom. The highest BCUT2D eigenvalue weighted by Crippen LogP contribution is 2.35. The highest BCUT2D eigenvalue weighted by molar-refractivity contribution is 5.15. The van der Waals surface area contributed by atoms with Crippen molar-refractivity contribution in [3.63, 3.8) is 0 Å². The molecule has 0 aromatic carbocycles. The van der Waals surface area contributed by atoms with E-state index in [1.807, 2.05) is 0 Å². The minimum atomic E-state index is -1.13. The first-order valence-electron chi connectivity index (χ1n) is 3.45. The first-order chi connectivity index (χ1) is 5.16. The van der Waals surface area contributed by atoms with Crippen LogP contribution in [0, 0.1) is 5.41 Å². The van der Waals surface area contributed by atoms with Crippen molar-refractivity contribution in [2.24, 2.45) is 5.41 Å². The summed E-state index contributed by atoms with van der Waals surface area (Å²) < 4.78 is 0. The molecule has 0 aromatic rings. The van der Waals surface area contributed by atoms with Crippen LogP contribution in [0.2, 0.25) is 0 Å². The first kappa shape index (κ1) is 8.52. The van der Waals surface area contributed by atoms with Crippen molar-refractivity contribution in [3.8, 4) is 0 Å². The van der Waals surface area contributed by atoms with Crippen LogP contribution in [0.5, 0.6) is 0 Å². The Bertz CT molecular complexity index is 171. The molecule has 64 valence electrons. The van der Waals surface area contributed by atoms with Crippen molar-refractivity contribution in [2.45, 2.75) is 12.5 Å². The van der Waals surface area contributed by atoms with Gasteiger partial charge in [0.1, 0.15) is 11.9 Å². The van der Waals surface area contributed by atoms with Gasteiger partial charge in [-0.25, -0.2) is 0 Å². The monoisotopic (exact) mass is 160 g/mol. The van der Waals surface area contributed by atoms with Gasteiger partial charge in [0.05, 0.1) is 18.6 Å². The smallest absolute Gasteiger partial charge is 0.121 e. The lowest BCUT2D eigenvalue weighted by atomic mass is 9.85. The first-order valence-corrected chi connectivity index (χ1v) is 3.45. The van der Waals surface area contributed by atoms with Crippen LogP contribution in [0.3, 0.4) is 0 Å². The molecule has 0 fully saturated rings. The molecule has 1 unspecified atom stereocenters. The van der Waals surface area contributed by atoms with E-state index in [9.17, 15) is 5.11 Å². The van der Waals surface area contributed by atoms with Crippen LogP contribution in [0.25, 0.3) is 0 Å². The van der Waals surface area contributed by atoms with E-state index in [1.54, 1.807) is 0 Å². The van der Waals surface area contributed by atoms with Crippen molar-refractivity contribution >= 4 is 0 Å². The highest BCUT2D eigenvalue weighted by Gasteiger charge is 2.42. The van der Waals surface area contributed by atoms with E-state index in [4.69, 9.17) is 15.3 Å². The van der Waals surface area contributed by atoms with Gasteiger partial charge in [-0.3, -0.25) is 0 Å². The summed E-state index contributed by atoms with van der Waals surface area (Å²) in [5.74, 6) is -0.159. The zero-order valence-corrected chi connectivity index (χ0v) is 6.06. The lowest BCUT2D eigenvalue weighted by Gasteiger charge is -2.27. The number of hydrogen-bond acceptors (Lipinski definition) is 4. The van der Waals surface area contributed by atoms with Crippen LogP contribution >= 0.6 is 0 Å². The Morgan fingerprint density at radius 1 is 1.45 bits per heavy atom. The summed E-state index contributed by atoms with van der Waals surface area (Å²) in [6.07, 6.45) is 0.599. The molecule has 0 aromatic heterocycles. The molecule has 0 bridgehead atoms. The standard InChI is InChI=1S/C7H12O4/c8-3-7(4-9)2-1-5(10)6(7)11/h1,6,8-11H,2-4H2. The van der Waals surface area contributed by atoms with E-state index in [0.717, 1.165) is 0 Å². The van der Waals surface area contributed by atoms with E-state index in [2.05, 4.69) is 0 Å². The van der Waals surface area contributed by atoms with Crippen molar-refractivity contribution < 1.29 is 20.4 Å². The zero-order chi connectivity index (χ0) is 8.48. The molecule has 4 N–H and O–H groups in total.